The summed E-state index contributed by atoms with van der Waals surface area (Å²) < 4.78 is 0. The minimum atomic E-state index is -0.186. The summed E-state index contributed by atoms with van der Waals surface area (Å²) >= 11 is 0. The number of piperidine rings is 1. The Labute approximate surface area is 132 Å². The summed E-state index contributed by atoms with van der Waals surface area (Å²) in [4.78, 5) is 14.4. The first kappa shape index (κ1) is 16.6. The maximum absolute atomic E-state index is 12.1. The lowest BCUT2D eigenvalue weighted by atomic mass is 10.1. The normalized spacial score (nSPS) is 16.2. The largest absolute Gasteiger partial charge is 0.396 e. The zero-order valence-corrected chi connectivity index (χ0v) is 13.3. The smallest absolute Gasteiger partial charge is 0.319 e. The molecule has 2 rings (SSSR count). The Bertz CT molecular complexity index is 473. The van der Waals surface area contributed by atoms with E-state index in [9.17, 15) is 4.79 Å². The quantitative estimate of drug-likeness (QED) is 0.757. The summed E-state index contributed by atoms with van der Waals surface area (Å²) in [7, 11) is 0. The Hall–Kier alpha value is -1.75. The highest BCUT2D eigenvalue weighted by molar-refractivity contribution is 5.93. The molecule has 0 spiro atoms. The van der Waals surface area contributed by atoms with Crippen molar-refractivity contribution < 1.29 is 9.90 Å². The van der Waals surface area contributed by atoms with Gasteiger partial charge in [0.25, 0.3) is 0 Å². The van der Waals surface area contributed by atoms with Crippen LogP contribution in [0, 0.1) is 5.92 Å². The molecule has 5 nitrogen and oxygen atoms in total. The zero-order chi connectivity index (χ0) is 15.8. The Balaban J connectivity index is 1.92. The van der Waals surface area contributed by atoms with Crippen molar-refractivity contribution in [1.82, 2.24) is 5.32 Å². The molecular formula is C17H27N3O2. The number of hydrogen-bond acceptors (Lipinski definition) is 3. The highest BCUT2D eigenvalue weighted by atomic mass is 16.3. The van der Waals surface area contributed by atoms with Gasteiger partial charge in [-0.15, -0.1) is 0 Å². The van der Waals surface area contributed by atoms with Gasteiger partial charge in [0.05, 0.1) is 11.4 Å². The van der Waals surface area contributed by atoms with Crippen molar-refractivity contribution in [2.75, 3.05) is 36.5 Å². The number of amides is 2. The molecule has 2 amide bonds. The molecule has 5 heteroatoms. The molecule has 1 aliphatic rings. The van der Waals surface area contributed by atoms with Crippen LogP contribution in [0.25, 0.3) is 0 Å². The minimum absolute atomic E-state index is 0.155. The minimum Gasteiger partial charge on any atom is -0.396 e. The molecular weight excluding hydrogens is 278 g/mol. The molecule has 1 aromatic carbocycles. The van der Waals surface area contributed by atoms with E-state index in [1.54, 1.807) is 0 Å². The molecule has 1 saturated heterocycles. The summed E-state index contributed by atoms with van der Waals surface area (Å²) in [5, 5.41) is 14.7. The maximum Gasteiger partial charge on any atom is 0.319 e. The summed E-state index contributed by atoms with van der Waals surface area (Å²) in [5.74, 6) is 0.271. The van der Waals surface area contributed by atoms with Crippen LogP contribution in [0.2, 0.25) is 0 Å². The molecule has 1 unspecified atom stereocenters. The number of benzene rings is 1. The van der Waals surface area contributed by atoms with E-state index >= 15 is 0 Å². The van der Waals surface area contributed by atoms with Gasteiger partial charge in [0.15, 0.2) is 0 Å². The monoisotopic (exact) mass is 305 g/mol. The van der Waals surface area contributed by atoms with Crippen LogP contribution < -0.4 is 15.5 Å². The summed E-state index contributed by atoms with van der Waals surface area (Å²) in [5.41, 5.74) is 1.96. The van der Waals surface area contributed by atoms with Gasteiger partial charge < -0.3 is 20.6 Å². The van der Waals surface area contributed by atoms with Crippen molar-refractivity contribution in [2.24, 2.45) is 5.92 Å². The lowest BCUT2D eigenvalue weighted by molar-refractivity contribution is 0.243. The molecule has 0 aliphatic carbocycles. The van der Waals surface area contributed by atoms with E-state index in [-0.39, 0.29) is 18.6 Å². The van der Waals surface area contributed by atoms with Gasteiger partial charge in [-0.1, -0.05) is 19.1 Å². The highest BCUT2D eigenvalue weighted by Gasteiger charge is 2.15. The van der Waals surface area contributed by atoms with Crippen molar-refractivity contribution in [1.29, 1.82) is 0 Å². The van der Waals surface area contributed by atoms with Crippen molar-refractivity contribution >= 4 is 17.4 Å². The fraction of sp³-hybridized carbons (Fsp3) is 0.588. The van der Waals surface area contributed by atoms with Gasteiger partial charge >= 0.3 is 6.03 Å². The summed E-state index contributed by atoms with van der Waals surface area (Å²) in [6, 6.07) is 7.78. The molecule has 1 aliphatic heterocycles. The van der Waals surface area contributed by atoms with Crippen LogP contribution in [0.15, 0.2) is 24.3 Å². The van der Waals surface area contributed by atoms with E-state index in [4.69, 9.17) is 5.11 Å². The van der Waals surface area contributed by atoms with Gasteiger partial charge in [0, 0.05) is 26.2 Å². The standard InChI is InChI=1S/C17H27N3O2/c1-14(9-12-21)13-18-17(22)19-15-7-3-4-8-16(15)20-10-5-2-6-11-20/h3-4,7-8,14,21H,2,5-6,9-13H2,1H3,(H2,18,19,22). The highest BCUT2D eigenvalue weighted by Crippen LogP contribution is 2.28. The predicted octanol–water partition coefficient (Wildman–Crippen LogP) is 2.82. The van der Waals surface area contributed by atoms with Crippen LogP contribution in [0.5, 0.6) is 0 Å². The van der Waals surface area contributed by atoms with Gasteiger partial charge in [-0.05, 0) is 43.7 Å². The average molecular weight is 305 g/mol. The number of carbonyl (C=O) groups is 1. The molecule has 1 heterocycles. The van der Waals surface area contributed by atoms with E-state index in [2.05, 4.69) is 21.6 Å². The number of rotatable bonds is 6. The van der Waals surface area contributed by atoms with Crippen LogP contribution in [0.1, 0.15) is 32.6 Å². The molecule has 1 aromatic rings. The zero-order valence-electron chi connectivity index (χ0n) is 13.3. The molecule has 1 fully saturated rings. The number of nitrogens with one attached hydrogen (secondary N) is 2. The number of hydrogen-bond donors (Lipinski definition) is 3. The predicted molar refractivity (Wildman–Crippen MR) is 90.4 cm³/mol. The third kappa shape index (κ3) is 4.91. The van der Waals surface area contributed by atoms with Crippen LogP contribution >= 0.6 is 0 Å². The van der Waals surface area contributed by atoms with Crippen molar-refractivity contribution in [2.45, 2.75) is 32.6 Å². The fourth-order valence-electron chi connectivity index (χ4n) is 2.75. The number of aliphatic hydroxyl groups is 1. The van der Waals surface area contributed by atoms with Gasteiger partial charge in [-0.25, -0.2) is 4.79 Å². The number of carbonyl (C=O) groups excluding carboxylic acids is 1. The van der Waals surface area contributed by atoms with E-state index < -0.39 is 0 Å². The average Bonchev–Trinajstić information content (AvgIpc) is 2.55. The number of anilines is 2. The van der Waals surface area contributed by atoms with E-state index in [0.29, 0.717) is 13.0 Å². The Morgan fingerprint density at radius 2 is 2.00 bits per heavy atom. The van der Waals surface area contributed by atoms with Gasteiger partial charge in [-0.3, -0.25) is 0 Å². The maximum atomic E-state index is 12.1. The van der Waals surface area contributed by atoms with Crippen LogP contribution in [-0.4, -0.2) is 37.4 Å². The third-order valence-electron chi connectivity index (χ3n) is 4.08. The number of nitrogens with zero attached hydrogens (tertiary/aromatic N) is 1. The molecule has 0 bridgehead atoms. The molecule has 122 valence electrons. The van der Waals surface area contributed by atoms with Crippen LogP contribution in [0.4, 0.5) is 16.2 Å². The SMILES string of the molecule is CC(CCO)CNC(=O)Nc1ccccc1N1CCCCC1. The first-order chi connectivity index (χ1) is 10.7. The lowest BCUT2D eigenvalue weighted by Crippen LogP contribution is -2.34. The number of urea groups is 1. The first-order valence-corrected chi connectivity index (χ1v) is 8.20. The van der Waals surface area contributed by atoms with Crippen molar-refractivity contribution in [3.8, 4) is 0 Å². The van der Waals surface area contributed by atoms with Crippen molar-refractivity contribution in [3.05, 3.63) is 24.3 Å². The lowest BCUT2D eigenvalue weighted by Gasteiger charge is -2.30. The Kier molecular flexibility index (Phi) is 6.52. The Morgan fingerprint density at radius 3 is 2.73 bits per heavy atom. The summed E-state index contributed by atoms with van der Waals surface area (Å²) in [6.45, 7) is 4.83. The number of para-hydroxylation sites is 2. The summed E-state index contributed by atoms with van der Waals surface area (Å²) in [6.07, 6.45) is 4.40. The van der Waals surface area contributed by atoms with Gasteiger partial charge in [0.1, 0.15) is 0 Å². The van der Waals surface area contributed by atoms with Crippen LogP contribution in [-0.2, 0) is 0 Å². The van der Waals surface area contributed by atoms with Gasteiger partial charge in [-0.2, -0.15) is 0 Å². The molecule has 0 radical (unpaired) electrons. The second kappa shape index (κ2) is 8.63. The number of aliphatic hydroxyl groups excluding tert-OH is 1. The molecule has 1 atom stereocenters. The Morgan fingerprint density at radius 1 is 1.27 bits per heavy atom. The van der Waals surface area contributed by atoms with Crippen molar-refractivity contribution in [3.63, 3.8) is 0 Å². The molecule has 0 aromatic heterocycles. The molecule has 3 N–H and O–H groups in total. The van der Waals surface area contributed by atoms with E-state index in [0.717, 1.165) is 24.5 Å². The van der Waals surface area contributed by atoms with Gasteiger partial charge in [0.2, 0.25) is 0 Å². The van der Waals surface area contributed by atoms with E-state index in [1.165, 1.54) is 19.3 Å². The third-order valence-corrected chi connectivity index (χ3v) is 4.08. The first-order valence-electron chi connectivity index (χ1n) is 8.20. The second-order valence-corrected chi connectivity index (χ2v) is 6.02. The molecule has 0 saturated carbocycles. The topological polar surface area (TPSA) is 64.6 Å². The fourth-order valence-corrected chi connectivity index (χ4v) is 2.75. The van der Waals surface area contributed by atoms with E-state index in [1.807, 2.05) is 25.1 Å². The molecule has 22 heavy (non-hydrogen) atoms. The second-order valence-electron chi connectivity index (χ2n) is 6.02. The van der Waals surface area contributed by atoms with Crippen LogP contribution in [0.3, 0.4) is 0 Å².